The third-order valence-electron chi connectivity index (χ3n) is 1.02. The van der Waals surface area contributed by atoms with E-state index in [0.29, 0.717) is 11.0 Å². The molecular weight excluding hydrogens is 204 g/mol. The van der Waals surface area contributed by atoms with E-state index in [2.05, 4.69) is 4.52 Å². The second-order valence-corrected chi connectivity index (χ2v) is 4.58. The SMILES string of the molecule is C[N+](C)(C)CCOP(=O)(O)O.Cl. The first-order chi connectivity index (χ1) is 4.71. The van der Waals surface area contributed by atoms with Gasteiger partial charge >= 0.3 is 7.82 Å². The summed E-state index contributed by atoms with van der Waals surface area (Å²) in [4.78, 5) is 16.6. The van der Waals surface area contributed by atoms with Crippen LogP contribution in [0.5, 0.6) is 0 Å². The summed E-state index contributed by atoms with van der Waals surface area (Å²) in [5.41, 5.74) is 0. The zero-order valence-corrected chi connectivity index (χ0v) is 9.14. The first-order valence-electron chi connectivity index (χ1n) is 3.21. The van der Waals surface area contributed by atoms with Gasteiger partial charge in [-0.2, -0.15) is 0 Å². The van der Waals surface area contributed by atoms with Crippen LogP contribution in [0.4, 0.5) is 0 Å². The van der Waals surface area contributed by atoms with Crippen LogP contribution in [0.15, 0.2) is 0 Å². The predicted octanol–water partition coefficient (Wildman–Crippen LogP) is 0.224. The van der Waals surface area contributed by atoms with Crippen LogP contribution in [0.25, 0.3) is 0 Å². The standard InChI is InChI=1S/C5H14NO4P.ClH/c1-6(2,3)4-5-10-11(7,8)9;/h4-5H2,1-3H3,(H-,7,8,9);1H/p+1. The molecule has 0 aliphatic rings. The minimum Gasteiger partial charge on any atom is -0.329 e. The van der Waals surface area contributed by atoms with Crippen molar-refractivity contribution in [1.82, 2.24) is 0 Å². The lowest BCUT2D eigenvalue weighted by atomic mass is 10.5. The van der Waals surface area contributed by atoms with Crippen LogP contribution in [0.3, 0.4) is 0 Å². The molecule has 7 heteroatoms. The van der Waals surface area contributed by atoms with Crippen LogP contribution < -0.4 is 0 Å². The molecule has 0 aliphatic heterocycles. The van der Waals surface area contributed by atoms with E-state index in [1.54, 1.807) is 0 Å². The number of hydrogen-bond acceptors (Lipinski definition) is 2. The molecule has 0 aromatic carbocycles. The summed E-state index contributed by atoms with van der Waals surface area (Å²) in [6.45, 7) is 0.652. The molecular formula is C5H16ClNO4P+. The van der Waals surface area contributed by atoms with E-state index in [0.717, 1.165) is 0 Å². The van der Waals surface area contributed by atoms with Crippen molar-refractivity contribution in [3.8, 4) is 0 Å². The Bertz CT molecular complexity index is 163. The third kappa shape index (κ3) is 13.0. The first-order valence-corrected chi connectivity index (χ1v) is 4.74. The van der Waals surface area contributed by atoms with Crippen molar-refractivity contribution >= 4 is 20.2 Å². The van der Waals surface area contributed by atoms with Crippen molar-refractivity contribution in [2.75, 3.05) is 34.3 Å². The normalized spacial score (nSPS) is 12.4. The van der Waals surface area contributed by atoms with Gasteiger partial charge in [0.25, 0.3) is 0 Å². The van der Waals surface area contributed by atoms with Crippen molar-refractivity contribution < 1.29 is 23.4 Å². The molecule has 5 nitrogen and oxygen atoms in total. The van der Waals surface area contributed by atoms with Gasteiger partial charge in [0.1, 0.15) is 13.2 Å². The van der Waals surface area contributed by atoms with Crippen LogP contribution in [-0.4, -0.2) is 48.6 Å². The molecule has 0 unspecified atom stereocenters. The van der Waals surface area contributed by atoms with Crippen LogP contribution in [-0.2, 0) is 9.09 Å². The summed E-state index contributed by atoms with van der Waals surface area (Å²) in [5.74, 6) is 0. The Kier molecular flexibility index (Phi) is 6.40. The molecule has 0 amide bonds. The molecule has 0 aromatic rings. The van der Waals surface area contributed by atoms with Gasteiger partial charge in [-0.05, 0) is 0 Å². The van der Waals surface area contributed by atoms with Crippen LogP contribution in [0.1, 0.15) is 0 Å². The van der Waals surface area contributed by atoms with Gasteiger partial charge < -0.3 is 14.3 Å². The molecule has 0 radical (unpaired) electrons. The van der Waals surface area contributed by atoms with Gasteiger partial charge in [0.15, 0.2) is 0 Å². The molecule has 0 saturated carbocycles. The Morgan fingerprint density at radius 2 is 1.75 bits per heavy atom. The quantitative estimate of drug-likeness (QED) is 0.526. The zero-order valence-electron chi connectivity index (χ0n) is 7.43. The third-order valence-corrected chi connectivity index (χ3v) is 1.54. The minimum atomic E-state index is -4.26. The molecule has 2 N–H and O–H groups in total. The Labute approximate surface area is 78.6 Å². The van der Waals surface area contributed by atoms with E-state index in [4.69, 9.17) is 9.79 Å². The van der Waals surface area contributed by atoms with Crippen LogP contribution in [0, 0.1) is 0 Å². The van der Waals surface area contributed by atoms with Gasteiger partial charge in [-0.25, -0.2) is 4.57 Å². The second-order valence-electron chi connectivity index (χ2n) is 3.34. The number of nitrogens with zero attached hydrogens (tertiary/aromatic N) is 1. The van der Waals surface area contributed by atoms with Gasteiger partial charge in [-0.15, -0.1) is 12.4 Å². The number of rotatable bonds is 4. The molecule has 0 heterocycles. The van der Waals surface area contributed by atoms with E-state index < -0.39 is 7.82 Å². The lowest BCUT2D eigenvalue weighted by Gasteiger charge is -2.23. The highest BCUT2D eigenvalue weighted by Crippen LogP contribution is 2.35. The number of phosphoric acid groups is 1. The number of quaternary nitrogens is 1. The van der Waals surface area contributed by atoms with E-state index in [1.807, 2.05) is 21.1 Å². The summed E-state index contributed by atoms with van der Waals surface area (Å²) in [5, 5.41) is 0. The van der Waals surface area contributed by atoms with Crippen LogP contribution in [0.2, 0.25) is 0 Å². The molecule has 0 fully saturated rings. The predicted molar refractivity (Wildman–Crippen MR) is 48.1 cm³/mol. The van der Waals surface area contributed by atoms with E-state index in [9.17, 15) is 4.57 Å². The zero-order chi connectivity index (χ0) is 9.12. The number of halogens is 1. The average molecular weight is 221 g/mol. The van der Waals surface area contributed by atoms with Crippen molar-refractivity contribution in [3.63, 3.8) is 0 Å². The van der Waals surface area contributed by atoms with E-state index in [1.165, 1.54) is 0 Å². The molecule has 0 rings (SSSR count). The van der Waals surface area contributed by atoms with E-state index >= 15 is 0 Å². The molecule has 12 heavy (non-hydrogen) atoms. The largest absolute Gasteiger partial charge is 0.469 e. The Morgan fingerprint density at radius 3 is 2.00 bits per heavy atom. The first kappa shape index (κ1) is 14.9. The maximum atomic E-state index is 10.2. The Hall–Kier alpha value is 0.360. The Balaban J connectivity index is 0. The van der Waals surface area contributed by atoms with Crippen molar-refractivity contribution in [2.24, 2.45) is 0 Å². The fourth-order valence-electron chi connectivity index (χ4n) is 0.434. The van der Waals surface area contributed by atoms with Gasteiger partial charge in [0, 0.05) is 0 Å². The van der Waals surface area contributed by atoms with Gasteiger partial charge in [-0.1, -0.05) is 0 Å². The topological polar surface area (TPSA) is 66.8 Å². The summed E-state index contributed by atoms with van der Waals surface area (Å²) < 4.78 is 15.1. The average Bonchev–Trinajstić information content (AvgIpc) is 1.55. The van der Waals surface area contributed by atoms with Gasteiger partial charge in [0.2, 0.25) is 0 Å². The molecule has 0 aromatic heterocycles. The number of phosphoric ester groups is 1. The monoisotopic (exact) mass is 220 g/mol. The van der Waals surface area contributed by atoms with Gasteiger partial charge in [-0.3, -0.25) is 4.52 Å². The van der Waals surface area contributed by atoms with Crippen molar-refractivity contribution in [2.45, 2.75) is 0 Å². The summed E-state index contributed by atoms with van der Waals surface area (Å²) >= 11 is 0. The highest BCUT2D eigenvalue weighted by atomic mass is 35.5. The lowest BCUT2D eigenvalue weighted by molar-refractivity contribution is -0.870. The van der Waals surface area contributed by atoms with Gasteiger partial charge in [0.05, 0.1) is 21.1 Å². The highest BCUT2D eigenvalue weighted by Gasteiger charge is 2.15. The second kappa shape index (κ2) is 5.17. The molecule has 0 spiro atoms. The Morgan fingerprint density at radius 1 is 1.33 bits per heavy atom. The van der Waals surface area contributed by atoms with Crippen molar-refractivity contribution in [3.05, 3.63) is 0 Å². The minimum absolute atomic E-state index is 0. The molecule has 0 atom stereocenters. The summed E-state index contributed by atoms with van der Waals surface area (Å²) in [6, 6.07) is 0. The number of likely N-dealkylation sites (N-methyl/N-ethyl adjacent to an activating group) is 1. The fourth-order valence-corrected chi connectivity index (χ4v) is 0.753. The smallest absolute Gasteiger partial charge is 0.329 e. The highest BCUT2D eigenvalue weighted by molar-refractivity contribution is 7.46. The maximum Gasteiger partial charge on any atom is 0.469 e. The van der Waals surface area contributed by atoms with Crippen LogP contribution >= 0.6 is 20.2 Å². The molecule has 0 saturated heterocycles. The number of hydrogen-bond donors (Lipinski definition) is 2. The summed E-state index contributed by atoms with van der Waals surface area (Å²) in [6.07, 6.45) is 0. The lowest BCUT2D eigenvalue weighted by Crippen LogP contribution is -2.37. The molecule has 76 valence electrons. The summed E-state index contributed by atoms with van der Waals surface area (Å²) in [7, 11) is 1.50. The maximum absolute atomic E-state index is 10.2. The fraction of sp³-hybridized carbons (Fsp3) is 1.00. The molecule has 0 aliphatic carbocycles. The van der Waals surface area contributed by atoms with Crippen molar-refractivity contribution in [1.29, 1.82) is 0 Å². The van der Waals surface area contributed by atoms with E-state index in [-0.39, 0.29) is 19.0 Å². The molecule has 0 bridgehead atoms.